The summed E-state index contributed by atoms with van der Waals surface area (Å²) in [6, 6.07) is 5.45. The highest BCUT2D eigenvalue weighted by Gasteiger charge is 2.59. The molecule has 3 heterocycles. The Morgan fingerprint density at radius 1 is 1.17 bits per heavy atom. The maximum absolute atomic E-state index is 13.1. The van der Waals surface area contributed by atoms with Gasteiger partial charge in [-0.25, -0.2) is 9.97 Å². The molecule has 1 amide bonds. The molecular formula is C23H25N5O2. The average molecular weight is 403 g/mol. The van der Waals surface area contributed by atoms with Crippen molar-refractivity contribution in [2.75, 3.05) is 0 Å². The minimum Gasteiger partial charge on any atom is -0.494 e. The van der Waals surface area contributed by atoms with E-state index >= 15 is 0 Å². The molecule has 2 N–H and O–H groups in total. The Kier molecular flexibility index (Phi) is 3.59. The van der Waals surface area contributed by atoms with Crippen LogP contribution in [-0.4, -0.2) is 36.1 Å². The molecule has 4 aliphatic carbocycles. The van der Waals surface area contributed by atoms with Crippen molar-refractivity contribution in [3.63, 3.8) is 0 Å². The lowest BCUT2D eigenvalue weighted by molar-refractivity contribution is -0.0708. The van der Waals surface area contributed by atoms with E-state index in [1.807, 2.05) is 18.3 Å². The lowest BCUT2D eigenvalue weighted by atomic mass is 9.49. The molecule has 0 aliphatic heterocycles. The Balaban J connectivity index is 1.38. The maximum atomic E-state index is 13.1. The number of aryl methyl sites for hydroxylation is 1. The molecule has 0 radical (unpaired) electrons. The third-order valence-electron chi connectivity index (χ3n) is 7.49. The number of nitrogens with zero attached hydrogens (tertiary/aromatic N) is 4. The molecule has 3 aromatic heterocycles. The van der Waals surface area contributed by atoms with Gasteiger partial charge < -0.3 is 15.0 Å². The highest BCUT2D eigenvalue weighted by atomic mass is 16.3. The Labute approximate surface area is 174 Å². The van der Waals surface area contributed by atoms with Gasteiger partial charge in [-0.15, -0.1) is 0 Å². The first kappa shape index (κ1) is 17.9. The molecule has 4 aliphatic rings. The molecule has 7 nitrogen and oxygen atoms in total. The Morgan fingerprint density at radius 2 is 1.97 bits per heavy atom. The summed E-state index contributed by atoms with van der Waals surface area (Å²) in [7, 11) is 0. The first-order valence-corrected chi connectivity index (χ1v) is 10.7. The molecule has 3 aromatic rings. The van der Waals surface area contributed by atoms with Gasteiger partial charge in [0.25, 0.3) is 5.91 Å². The zero-order chi connectivity index (χ0) is 20.5. The van der Waals surface area contributed by atoms with Gasteiger partial charge in [-0.1, -0.05) is 0 Å². The van der Waals surface area contributed by atoms with Gasteiger partial charge in [0.05, 0.1) is 16.4 Å². The van der Waals surface area contributed by atoms with E-state index in [2.05, 4.69) is 24.8 Å². The van der Waals surface area contributed by atoms with Crippen LogP contribution in [0.5, 0.6) is 5.88 Å². The van der Waals surface area contributed by atoms with Gasteiger partial charge in [0, 0.05) is 24.1 Å². The SMILES string of the molecule is Cc1nccc(C(=O)NC23CC4CC(C2)CC(n2cc5ncccc5c2O)(C4)C3)n1. The number of aromatic nitrogens is 4. The molecule has 7 rings (SSSR count). The molecule has 4 fully saturated rings. The van der Waals surface area contributed by atoms with Crippen LogP contribution in [0.4, 0.5) is 0 Å². The Morgan fingerprint density at radius 3 is 2.70 bits per heavy atom. The van der Waals surface area contributed by atoms with Crippen molar-refractivity contribution in [3.05, 3.63) is 48.3 Å². The smallest absolute Gasteiger partial charge is 0.270 e. The van der Waals surface area contributed by atoms with Crippen LogP contribution in [0.2, 0.25) is 0 Å². The van der Waals surface area contributed by atoms with E-state index in [4.69, 9.17) is 0 Å². The molecule has 0 aromatic carbocycles. The molecule has 154 valence electrons. The highest BCUT2D eigenvalue weighted by Crippen LogP contribution is 2.61. The lowest BCUT2D eigenvalue weighted by Gasteiger charge is -2.62. The van der Waals surface area contributed by atoms with E-state index in [9.17, 15) is 9.90 Å². The molecule has 0 spiro atoms. The van der Waals surface area contributed by atoms with Crippen molar-refractivity contribution in [1.29, 1.82) is 0 Å². The minimum absolute atomic E-state index is 0.124. The van der Waals surface area contributed by atoms with Gasteiger partial charge in [-0.05, 0) is 75.5 Å². The van der Waals surface area contributed by atoms with Crippen LogP contribution >= 0.6 is 0 Å². The van der Waals surface area contributed by atoms with Crippen molar-refractivity contribution in [2.45, 2.75) is 56.5 Å². The van der Waals surface area contributed by atoms with Gasteiger partial charge in [0.1, 0.15) is 11.5 Å². The van der Waals surface area contributed by atoms with Crippen LogP contribution in [-0.2, 0) is 5.54 Å². The fourth-order valence-corrected chi connectivity index (χ4v) is 6.91. The average Bonchev–Trinajstić information content (AvgIpc) is 3.04. The molecular weight excluding hydrogens is 378 g/mol. The van der Waals surface area contributed by atoms with E-state index in [0.29, 0.717) is 29.2 Å². The summed E-state index contributed by atoms with van der Waals surface area (Å²) in [6.45, 7) is 1.80. The zero-order valence-electron chi connectivity index (χ0n) is 17.0. The quantitative estimate of drug-likeness (QED) is 0.700. The normalized spacial score (nSPS) is 31.9. The second kappa shape index (κ2) is 6.03. The molecule has 2 atom stereocenters. The van der Waals surface area contributed by atoms with Gasteiger partial charge in [0.2, 0.25) is 5.88 Å². The fourth-order valence-electron chi connectivity index (χ4n) is 6.91. The zero-order valence-corrected chi connectivity index (χ0v) is 17.0. The predicted molar refractivity (Wildman–Crippen MR) is 111 cm³/mol. The van der Waals surface area contributed by atoms with E-state index in [-0.39, 0.29) is 17.0 Å². The molecule has 2 unspecified atom stereocenters. The van der Waals surface area contributed by atoms with Crippen LogP contribution in [0.15, 0.2) is 36.8 Å². The number of rotatable bonds is 3. The van der Waals surface area contributed by atoms with Gasteiger partial charge in [0.15, 0.2) is 0 Å². The number of hydrogen-bond acceptors (Lipinski definition) is 5. The monoisotopic (exact) mass is 403 g/mol. The highest BCUT2D eigenvalue weighted by molar-refractivity contribution is 5.92. The van der Waals surface area contributed by atoms with E-state index < -0.39 is 0 Å². The van der Waals surface area contributed by atoms with E-state index in [1.165, 1.54) is 6.42 Å². The summed E-state index contributed by atoms with van der Waals surface area (Å²) in [5.74, 6) is 1.88. The number of fused-ring (bicyclic) bond motifs is 1. The number of carbonyl (C=O) groups excluding carboxylic acids is 1. The summed E-state index contributed by atoms with van der Waals surface area (Å²) < 4.78 is 2.07. The topological polar surface area (TPSA) is 92.9 Å². The third kappa shape index (κ3) is 2.57. The number of nitrogens with one attached hydrogen (secondary N) is 1. The number of amides is 1. The van der Waals surface area contributed by atoms with Crippen molar-refractivity contribution < 1.29 is 9.90 Å². The lowest BCUT2D eigenvalue weighted by Crippen LogP contribution is -2.65. The molecule has 4 saturated carbocycles. The number of pyridine rings is 1. The van der Waals surface area contributed by atoms with Crippen molar-refractivity contribution in [3.8, 4) is 5.88 Å². The summed E-state index contributed by atoms with van der Waals surface area (Å²) in [6.07, 6.45) is 11.5. The number of hydrogen-bond donors (Lipinski definition) is 2. The first-order valence-electron chi connectivity index (χ1n) is 10.7. The van der Waals surface area contributed by atoms with Crippen molar-refractivity contribution >= 4 is 16.8 Å². The third-order valence-corrected chi connectivity index (χ3v) is 7.49. The Hall–Kier alpha value is -2.96. The first-order chi connectivity index (χ1) is 14.5. The van der Waals surface area contributed by atoms with Gasteiger partial charge in [-0.3, -0.25) is 9.78 Å². The molecule has 0 saturated heterocycles. The second-order valence-electron chi connectivity index (χ2n) is 9.67. The van der Waals surface area contributed by atoms with Crippen LogP contribution in [0.1, 0.15) is 54.8 Å². The molecule has 30 heavy (non-hydrogen) atoms. The predicted octanol–water partition coefficient (Wildman–Crippen LogP) is 3.32. The van der Waals surface area contributed by atoms with Crippen LogP contribution in [0.25, 0.3) is 10.9 Å². The van der Waals surface area contributed by atoms with Crippen LogP contribution < -0.4 is 5.32 Å². The van der Waals surface area contributed by atoms with Crippen molar-refractivity contribution in [1.82, 2.24) is 24.8 Å². The van der Waals surface area contributed by atoms with Gasteiger partial charge >= 0.3 is 0 Å². The minimum atomic E-state index is -0.254. The number of carbonyl (C=O) groups is 1. The van der Waals surface area contributed by atoms with Gasteiger partial charge in [-0.2, -0.15) is 0 Å². The molecule has 4 bridgehead atoms. The summed E-state index contributed by atoms with van der Waals surface area (Å²) >= 11 is 0. The Bertz CT molecular complexity index is 1160. The summed E-state index contributed by atoms with van der Waals surface area (Å²) in [4.78, 5) is 25.9. The maximum Gasteiger partial charge on any atom is 0.270 e. The summed E-state index contributed by atoms with van der Waals surface area (Å²) in [5, 5.41) is 15.2. The molecule has 7 heteroatoms. The fraction of sp³-hybridized carbons (Fsp3) is 0.478. The van der Waals surface area contributed by atoms with E-state index in [1.54, 1.807) is 25.4 Å². The van der Waals surface area contributed by atoms with Crippen molar-refractivity contribution in [2.24, 2.45) is 11.8 Å². The number of aromatic hydroxyl groups is 1. The van der Waals surface area contributed by atoms with E-state index in [0.717, 1.165) is 43.0 Å². The second-order valence-corrected chi connectivity index (χ2v) is 9.67. The van der Waals surface area contributed by atoms with Crippen LogP contribution in [0, 0.1) is 18.8 Å². The standard InChI is InChI=1S/C23H25N5O2/c1-14-24-6-4-18(26-14)20(29)27-22-8-15-7-16(9-22)11-23(10-15,13-22)28-12-19-17(21(28)30)3-2-5-25-19/h2-6,12,15-16,30H,7-11,13H2,1H3,(H,27,29). The summed E-state index contributed by atoms with van der Waals surface area (Å²) in [5.41, 5.74) is 0.812. The largest absolute Gasteiger partial charge is 0.494 e. The van der Waals surface area contributed by atoms with Crippen LogP contribution in [0.3, 0.4) is 0 Å².